The van der Waals surface area contributed by atoms with Crippen molar-refractivity contribution in [2.75, 3.05) is 26.8 Å². The maximum absolute atomic E-state index is 12.0. The average molecular weight is 486 g/mol. The fourth-order valence-corrected chi connectivity index (χ4v) is 6.39. The van der Waals surface area contributed by atoms with Gasteiger partial charge in [0.15, 0.2) is 0 Å². The average Bonchev–Trinajstić information content (AvgIpc) is 2.31. The second-order valence-corrected chi connectivity index (χ2v) is 11.7. The largest absolute Gasteiger partial charge is 0.379 e. The zero-order valence-electron chi connectivity index (χ0n) is 14.0. The molecule has 24 heavy (non-hydrogen) atoms. The van der Waals surface area contributed by atoms with Crippen molar-refractivity contribution in [3.8, 4) is 0 Å². The summed E-state index contributed by atoms with van der Waals surface area (Å²) in [5, 5.41) is 6.65. The number of unbranched alkanes of at least 4 members (excludes halogenated alkanes) is 2. The van der Waals surface area contributed by atoms with Gasteiger partial charge in [-0.1, -0.05) is 19.8 Å². The summed E-state index contributed by atoms with van der Waals surface area (Å²) in [6.07, 6.45) is 1.93. The van der Waals surface area contributed by atoms with Crippen LogP contribution in [0.4, 0.5) is 0 Å². The Balaban J connectivity index is 0. The Hall–Kier alpha value is 1.51. The van der Waals surface area contributed by atoms with Gasteiger partial charge in [0.1, 0.15) is 0 Å². The van der Waals surface area contributed by atoms with Gasteiger partial charge in [-0.15, -0.1) is 0 Å². The molecule has 0 aliphatic rings. The molecule has 0 aliphatic heterocycles. The van der Waals surface area contributed by atoms with E-state index >= 15 is 0 Å². The zero-order valence-corrected chi connectivity index (χ0v) is 19.5. The van der Waals surface area contributed by atoms with E-state index in [-0.39, 0.29) is 39.3 Å². The van der Waals surface area contributed by atoms with E-state index in [2.05, 4.69) is 4.31 Å². The minimum Gasteiger partial charge on any atom is -0.367 e. The first-order chi connectivity index (χ1) is 10.2. The molecule has 0 aliphatic carbocycles. The SMILES string of the molecule is CCCCCN(C)CCC(O)(P(=O)(O)O)P(=O)(O)OP(C)(=O)O.[Y]. The predicted octanol–water partition coefficient (Wildman–Crippen LogP) is 1.34. The first kappa shape index (κ1) is 27.7. The summed E-state index contributed by atoms with van der Waals surface area (Å²) in [6.45, 7) is 3.03. The molecule has 0 spiro atoms. The van der Waals surface area contributed by atoms with Crippen LogP contribution in [-0.4, -0.2) is 61.5 Å². The summed E-state index contributed by atoms with van der Waals surface area (Å²) < 4.78 is 38.7. The third kappa shape index (κ3) is 8.94. The van der Waals surface area contributed by atoms with Gasteiger partial charge in [0.2, 0.25) is 0 Å². The van der Waals surface area contributed by atoms with Crippen LogP contribution in [-0.2, 0) is 50.7 Å². The van der Waals surface area contributed by atoms with Crippen molar-refractivity contribution in [3.05, 3.63) is 0 Å². The van der Waals surface area contributed by atoms with Gasteiger partial charge in [0.25, 0.3) is 5.08 Å². The Bertz CT molecular complexity index is 522. The minimum absolute atomic E-state index is 0. The first-order valence-electron chi connectivity index (χ1n) is 6.97. The van der Waals surface area contributed by atoms with Crippen LogP contribution in [0, 0.1) is 0 Å². The topological polar surface area (TPSA) is 165 Å². The summed E-state index contributed by atoms with van der Waals surface area (Å²) in [4.78, 5) is 38.8. The zero-order chi connectivity index (χ0) is 18.5. The van der Waals surface area contributed by atoms with Crippen molar-refractivity contribution in [1.29, 1.82) is 0 Å². The molecular weight excluding hydrogens is 460 g/mol. The number of nitrogens with zero attached hydrogens (tertiary/aromatic N) is 1. The van der Waals surface area contributed by atoms with Gasteiger partial charge in [0.05, 0.1) is 0 Å². The van der Waals surface area contributed by atoms with Crippen molar-refractivity contribution in [2.45, 2.75) is 37.7 Å². The Morgan fingerprint density at radius 2 is 1.54 bits per heavy atom. The van der Waals surface area contributed by atoms with Crippen LogP contribution in [0.1, 0.15) is 32.6 Å². The number of aliphatic hydroxyl groups is 1. The van der Waals surface area contributed by atoms with Gasteiger partial charge in [-0.25, -0.2) is 4.31 Å². The summed E-state index contributed by atoms with van der Waals surface area (Å²) in [6, 6.07) is 0. The Labute approximate surface area is 167 Å². The van der Waals surface area contributed by atoms with Gasteiger partial charge in [-0.05, 0) is 20.0 Å². The number of hydrogen-bond donors (Lipinski definition) is 5. The van der Waals surface area contributed by atoms with Crippen LogP contribution in [0.25, 0.3) is 0 Å². The van der Waals surface area contributed by atoms with Crippen molar-refractivity contribution < 1.29 is 75.4 Å². The van der Waals surface area contributed by atoms with Crippen LogP contribution < -0.4 is 0 Å². The molecule has 10 nitrogen and oxygen atoms in total. The molecule has 0 aromatic heterocycles. The van der Waals surface area contributed by atoms with E-state index in [0.717, 1.165) is 19.3 Å². The summed E-state index contributed by atoms with van der Waals surface area (Å²) in [5.41, 5.74) is 0. The molecule has 0 aromatic carbocycles. The van der Waals surface area contributed by atoms with Crippen molar-refractivity contribution in [1.82, 2.24) is 4.90 Å². The molecule has 0 bridgehead atoms. The fraction of sp³-hybridized carbons (Fsp3) is 1.00. The van der Waals surface area contributed by atoms with Gasteiger partial charge in [0, 0.05) is 52.3 Å². The van der Waals surface area contributed by atoms with Gasteiger partial charge < -0.3 is 29.6 Å². The fourth-order valence-electron chi connectivity index (χ4n) is 1.81. The van der Waals surface area contributed by atoms with Crippen molar-refractivity contribution in [3.63, 3.8) is 0 Å². The third-order valence-electron chi connectivity index (χ3n) is 3.15. The van der Waals surface area contributed by atoms with Gasteiger partial charge in [-0.3, -0.25) is 13.7 Å². The molecule has 5 N–H and O–H groups in total. The molecule has 0 saturated heterocycles. The number of hydrogen-bond acceptors (Lipinski definition) is 6. The molecule has 0 aromatic rings. The summed E-state index contributed by atoms with van der Waals surface area (Å²) >= 11 is 0. The normalized spacial score (nSPS) is 19.9. The van der Waals surface area contributed by atoms with E-state index in [1.54, 1.807) is 11.9 Å². The van der Waals surface area contributed by atoms with Crippen LogP contribution >= 0.6 is 22.8 Å². The summed E-state index contributed by atoms with van der Waals surface area (Å²) in [7, 11) is -13.9. The molecule has 0 fully saturated rings. The predicted molar refractivity (Wildman–Crippen MR) is 85.3 cm³/mol. The molecule has 14 heteroatoms. The van der Waals surface area contributed by atoms with E-state index in [4.69, 9.17) is 4.89 Å². The van der Waals surface area contributed by atoms with E-state index in [9.17, 15) is 33.5 Å². The molecule has 0 heterocycles. The monoisotopic (exact) mass is 486 g/mol. The molecule has 143 valence electrons. The van der Waals surface area contributed by atoms with Gasteiger partial charge in [-0.2, -0.15) is 0 Å². The minimum atomic E-state index is -5.52. The molecule has 0 saturated carbocycles. The van der Waals surface area contributed by atoms with Crippen molar-refractivity contribution in [2.24, 2.45) is 0 Å². The molecule has 3 unspecified atom stereocenters. The van der Waals surface area contributed by atoms with E-state index in [0.29, 0.717) is 13.2 Å². The number of rotatable bonds is 11. The van der Waals surface area contributed by atoms with Crippen molar-refractivity contribution >= 4 is 22.8 Å². The quantitative estimate of drug-likeness (QED) is 0.213. The standard InChI is InChI=1S/C10H26NO9P3.Y/c1-4-5-6-8-11(2)9-7-10(12,22(15,16)17)23(18,19)20-21(3,13)14;/h12H,4-9H2,1-3H3,(H,13,14)(H,18,19)(H2,15,16,17);. The Morgan fingerprint density at radius 1 is 1.04 bits per heavy atom. The van der Waals surface area contributed by atoms with Gasteiger partial charge >= 0.3 is 22.8 Å². The van der Waals surface area contributed by atoms with Crippen LogP contribution in [0.2, 0.25) is 0 Å². The Morgan fingerprint density at radius 3 is 1.92 bits per heavy atom. The molecule has 0 rings (SSSR count). The second-order valence-electron chi connectivity index (χ2n) is 5.48. The molecule has 3 atom stereocenters. The van der Waals surface area contributed by atoms with Crippen LogP contribution in [0.5, 0.6) is 0 Å². The third-order valence-corrected chi connectivity index (χ3v) is 9.08. The van der Waals surface area contributed by atoms with E-state index < -0.39 is 34.3 Å². The van der Waals surface area contributed by atoms with Crippen LogP contribution in [0.3, 0.4) is 0 Å². The second kappa shape index (κ2) is 10.7. The molecule has 0 amide bonds. The molecule has 1 radical (unpaired) electrons. The molecular formula is C10H26NO9P3Y. The Kier molecular flexibility index (Phi) is 12.4. The van der Waals surface area contributed by atoms with E-state index in [1.165, 1.54) is 0 Å². The first-order valence-corrected chi connectivity index (χ1v) is 12.2. The smallest absolute Gasteiger partial charge is 0.367 e. The van der Waals surface area contributed by atoms with E-state index in [1.807, 2.05) is 6.92 Å². The van der Waals surface area contributed by atoms with Crippen LogP contribution in [0.15, 0.2) is 0 Å². The summed E-state index contributed by atoms with van der Waals surface area (Å²) in [5.74, 6) is 0. The maximum Gasteiger partial charge on any atom is 0.379 e. The maximum atomic E-state index is 12.0.